The minimum absolute atomic E-state index is 0.153. The van der Waals surface area contributed by atoms with Gasteiger partial charge in [0, 0.05) is 19.3 Å². The molecule has 1 atom stereocenters. The van der Waals surface area contributed by atoms with Crippen LogP contribution in [-0.2, 0) is 0 Å². The van der Waals surface area contributed by atoms with E-state index in [9.17, 15) is 4.79 Å². The van der Waals surface area contributed by atoms with Crippen molar-refractivity contribution in [3.63, 3.8) is 0 Å². The summed E-state index contributed by atoms with van der Waals surface area (Å²) >= 11 is 7.78. The summed E-state index contributed by atoms with van der Waals surface area (Å²) in [5, 5.41) is 6.34. The van der Waals surface area contributed by atoms with Gasteiger partial charge in [-0.2, -0.15) is 11.8 Å². The predicted octanol–water partition coefficient (Wildman–Crippen LogP) is 2.90. The molecule has 1 heterocycles. The van der Waals surface area contributed by atoms with Gasteiger partial charge in [-0.25, -0.2) is 4.98 Å². The second-order valence-corrected chi connectivity index (χ2v) is 5.67. The van der Waals surface area contributed by atoms with Crippen LogP contribution in [0.4, 0.5) is 5.82 Å². The molecular formula is C13H20ClN3OS. The molecular weight excluding hydrogens is 282 g/mol. The molecule has 6 heteroatoms. The van der Waals surface area contributed by atoms with Crippen LogP contribution >= 0.6 is 23.4 Å². The van der Waals surface area contributed by atoms with E-state index < -0.39 is 0 Å². The molecule has 1 unspecified atom stereocenters. The largest absolute Gasteiger partial charge is 0.370 e. The van der Waals surface area contributed by atoms with Crippen molar-refractivity contribution in [1.82, 2.24) is 10.3 Å². The van der Waals surface area contributed by atoms with Crippen molar-refractivity contribution in [3.8, 4) is 0 Å². The summed E-state index contributed by atoms with van der Waals surface area (Å²) in [6.45, 7) is 5.48. The van der Waals surface area contributed by atoms with Crippen molar-refractivity contribution < 1.29 is 4.79 Å². The predicted molar refractivity (Wildman–Crippen MR) is 83.3 cm³/mol. The Morgan fingerprint density at radius 1 is 1.58 bits per heavy atom. The maximum Gasteiger partial charge on any atom is 0.253 e. The normalized spacial score (nSPS) is 12.0. The van der Waals surface area contributed by atoms with Crippen LogP contribution in [0.15, 0.2) is 12.3 Å². The Morgan fingerprint density at radius 3 is 2.95 bits per heavy atom. The number of anilines is 1. The number of nitrogens with one attached hydrogen (secondary N) is 2. The second kappa shape index (κ2) is 8.27. The smallest absolute Gasteiger partial charge is 0.253 e. The topological polar surface area (TPSA) is 54.0 Å². The summed E-state index contributed by atoms with van der Waals surface area (Å²) in [5.41, 5.74) is 0.462. The van der Waals surface area contributed by atoms with Gasteiger partial charge in [0.1, 0.15) is 5.82 Å². The highest BCUT2D eigenvalue weighted by atomic mass is 35.5. The maximum atomic E-state index is 12.1. The van der Waals surface area contributed by atoms with Crippen molar-refractivity contribution in [1.29, 1.82) is 0 Å². The highest BCUT2D eigenvalue weighted by Gasteiger charge is 2.12. The average Bonchev–Trinajstić information content (AvgIpc) is 2.39. The number of aromatic nitrogens is 1. The molecule has 1 rings (SSSR count). The SMILES string of the molecule is CCNc1cc(C(=O)NCC(C)CSC)c(Cl)cn1. The van der Waals surface area contributed by atoms with Gasteiger partial charge in [0.05, 0.1) is 10.6 Å². The molecule has 19 heavy (non-hydrogen) atoms. The Labute approximate surface area is 123 Å². The van der Waals surface area contributed by atoms with E-state index in [4.69, 9.17) is 11.6 Å². The highest BCUT2D eigenvalue weighted by molar-refractivity contribution is 7.98. The number of amides is 1. The van der Waals surface area contributed by atoms with Crippen LogP contribution in [-0.4, -0.2) is 36.0 Å². The van der Waals surface area contributed by atoms with E-state index in [0.717, 1.165) is 12.3 Å². The monoisotopic (exact) mass is 301 g/mol. The molecule has 1 aromatic heterocycles. The number of nitrogens with zero attached hydrogens (tertiary/aromatic N) is 1. The van der Waals surface area contributed by atoms with Crippen molar-refractivity contribution in [2.24, 2.45) is 5.92 Å². The molecule has 4 nitrogen and oxygen atoms in total. The molecule has 1 amide bonds. The molecule has 0 aliphatic rings. The van der Waals surface area contributed by atoms with Gasteiger partial charge < -0.3 is 10.6 Å². The Morgan fingerprint density at radius 2 is 2.32 bits per heavy atom. The molecule has 0 saturated carbocycles. The van der Waals surface area contributed by atoms with Gasteiger partial charge >= 0.3 is 0 Å². The van der Waals surface area contributed by atoms with Crippen LogP contribution in [0.3, 0.4) is 0 Å². The number of halogens is 1. The van der Waals surface area contributed by atoms with E-state index >= 15 is 0 Å². The Bertz CT molecular complexity index is 428. The van der Waals surface area contributed by atoms with Gasteiger partial charge in [0.2, 0.25) is 0 Å². The lowest BCUT2D eigenvalue weighted by Crippen LogP contribution is -2.29. The first-order valence-corrected chi connectivity index (χ1v) is 8.02. The first-order chi connectivity index (χ1) is 9.08. The number of pyridine rings is 1. The quantitative estimate of drug-likeness (QED) is 0.813. The summed E-state index contributed by atoms with van der Waals surface area (Å²) in [4.78, 5) is 16.2. The third-order valence-electron chi connectivity index (χ3n) is 2.52. The van der Waals surface area contributed by atoms with Gasteiger partial charge in [-0.1, -0.05) is 18.5 Å². The van der Waals surface area contributed by atoms with E-state index in [1.54, 1.807) is 17.8 Å². The first-order valence-electron chi connectivity index (χ1n) is 6.25. The third kappa shape index (κ3) is 5.28. The zero-order chi connectivity index (χ0) is 14.3. The van der Waals surface area contributed by atoms with E-state index in [1.165, 1.54) is 6.20 Å². The number of rotatable bonds is 7. The molecule has 0 aliphatic carbocycles. The maximum absolute atomic E-state index is 12.1. The summed E-state index contributed by atoms with van der Waals surface area (Å²) in [6.07, 6.45) is 3.56. The molecule has 0 aromatic carbocycles. The van der Waals surface area contributed by atoms with E-state index in [0.29, 0.717) is 28.9 Å². The summed E-state index contributed by atoms with van der Waals surface area (Å²) in [6, 6.07) is 1.68. The summed E-state index contributed by atoms with van der Waals surface area (Å²) in [5.74, 6) is 1.97. The molecule has 0 saturated heterocycles. The van der Waals surface area contributed by atoms with Crippen LogP contribution < -0.4 is 10.6 Å². The Kier molecular flexibility index (Phi) is 7.02. The van der Waals surface area contributed by atoms with E-state index in [2.05, 4.69) is 28.8 Å². The fraction of sp³-hybridized carbons (Fsp3) is 0.538. The van der Waals surface area contributed by atoms with Crippen LogP contribution in [0.25, 0.3) is 0 Å². The van der Waals surface area contributed by atoms with Gasteiger partial charge in [-0.3, -0.25) is 4.79 Å². The molecule has 1 aromatic rings. The fourth-order valence-electron chi connectivity index (χ4n) is 1.60. The molecule has 0 aliphatic heterocycles. The standard InChI is InChI=1S/C13H20ClN3OS/c1-4-15-12-5-10(11(14)7-16-12)13(18)17-6-9(2)8-19-3/h5,7,9H,4,6,8H2,1-3H3,(H,15,16)(H,17,18). The molecule has 0 bridgehead atoms. The highest BCUT2D eigenvalue weighted by Crippen LogP contribution is 2.18. The molecule has 0 spiro atoms. The van der Waals surface area contributed by atoms with Crippen LogP contribution in [0, 0.1) is 5.92 Å². The first kappa shape index (κ1) is 16.1. The minimum Gasteiger partial charge on any atom is -0.370 e. The second-order valence-electron chi connectivity index (χ2n) is 4.35. The third-order valence-corrected chi connectivity index (χ3v) is 3.72. The van der Waals surface area contributed by atoms with Gasteiger partial charge in [-0.15, -0.1) is 0 Å². The average molecular weight is 302 g/mol. The van der Waals surface area contributed by atoms with E-state index in [-0.39, 0.29) is 5.91 Å². The Balaban J connectivity index is 2.67. The van der Waals surface area contributed by atoms with Crippen molar-refractivity contribution in [3.05, 3.63) is 22.8 Å². The fourth-order valence-corrected chi connectivity index (χ4v) is 2.47. The lowest BCUT2D eigenvalue weighted by atomic mass is 10.2. The van der Waals surface area contributed by atoms with Gasteiger partial charge in [-0.05, 0) is 30.9 Å². The Hall–Kier alpha value is -0.940. The number of carbonyl (C=O) groups excluding carboxylic acids is 1. The van der Waals surface area contributed by atoms with E-state index in [1.807, 2.05) is 6.92 Å². The van der Waals surface area contributed by atoms with Crippen molar-refractivity contribution in [2.75, 3.05) is 30.4 Å². The summed E-state index contributed by atoms with van der Waals surface area (Å²) < 4.78 is 0. The lowest BCUT2D eigenvalue weighted by Gasteiger charge is -2.12. The van der Waals surface area contributed by atoms with Crippen LogP contribution in [0.1, 0.15) is 24.2 Å². The van der Waals surface area contributed by atoms with Crippen molar-refractivity contribution >= 4 is 35.1 Å². The summed E-state index contributed by atoms with van der Waals surface area (Å²) in [7, 11) is 0. The molecule has 106 valence electrons. The number of hydrogen-bond acceptors (Lipinski definition) is 4. The number of thioether (sulfide) groups is 1. The molecule has 0 radical (unpaired) electrons. The van der Waals surface area contributed by atoms with Crippen molar-refractivity contribution in [2.45, 2.75) is 13.8 Å². The number of carbonyl (C=O) groups is 1. The van der Waals surface area contributed by atoms with Gasteiger partial charge in [0.15, 0.2) is 0 Å². The zero-order valence-corrected chi connectivity index (χ0v) is 13.1. The van der Waals surface area contributed by atoms with Crippen LogP contribution in [0.5, 0.6) is 0 Å². The van der Waals surface area contributed by atoms with Crippen LogP contribution in [0.2, 0.25) is 5.02 Å². The zero-order valence-electron chi connectivity index (χ0n) is 11.5. The molecule has 2 N–H and O–H groups in total. The minimum atomic E-state index is -0.153. The molecule has 0 fully saturated rings. The number of hydrogen-bond donors (Lipinski definition) is 2. The van der Waals surface area contributed by atoms with Gasteiger partial charge in [0.25, 0.3) is 5.91 Å². The lowest BCUT2D eigenvalue weighted by molar-refractivity contribution is 0.0949.